The lowest BCUT2D eigenvalue weighted by molar-refractivity contribution is 1.18. The fraction of sp³-hybridized carbons (Fsp3) is 0. The highest BCUT2D eigenvalue weighted by molar-refractivity contribution is 6.20. The molecule has 2 heteroatoms. The van der Waals surface area contributed by atoms with E-state index >= 15 is 0 Å². The zero-order chi connectivity index (χ0) is 33.0. The fourth-order valence-electron chi connectivity index (χ4n) is 7.97. The molecular weight excluding hydrogens is 605 g/mol. The zero-order valence-electron chi connectivity index (χ0n) is 27.4. The van der Waals surface area contributed by atoms with E-state index in [1.54, 1.807) is 0 Å². The second-order valence-corrected chi connectivity index (χ2v) is 12.9. The van der Waals surface area contributed by atoms with Gasteiger partial charge in [-0.25, -0.2) is 0 Å². The quantitative estimate of drug-likeness (QED) is 0.178. The molecule has 0 aliphatic carbocycles. The van der Waals surface area contributed by atoms with Gasteiger partial charge >= 0.3 is 0 Å². The number of rotatable bonds is 5. The normalized spacial score (nSPS) is 11.6. The topological polar surface area (TPSA) is 9.86 Å². The highest BCUT2D eigenvalue weighted by Gasteiger charge is 2.22. The number of hydrogen-bond acceptors (Lipinski definition) is 0. The van der Waals surface area contributed by atoms with E-state index in [9.17, 15) is 0 Å². The molecule has 0 spiro atoms. The number of aromatic nitrogens is 2. The molecule has 0 amide bonds. The minimum atomic E-state index is 1.16. The molecule has 0 unspecified atom stereocenters. The van der Waals surface area contributed by atoms with Gasteiger partial charge in [0.25, 0.3) is 0 Å². The van der Waals surface area contributed by atoms with Crippen LogP contribution in [0.2, 0.25) is 0 Å². The average Bonchev–Trinajstić information content (AvgIpc) is 3.72. The van der Waals surface area contributed by atoms with Gasteiger partial charge in [-0.3, -0.25) is 0 Å². The molecule has 0 aliphatic rings. The number of nitrogens with zero attached hydrogens (tertiary/aromatic N) is 2. The van der Waals surface area contributed by atoms with Gasteiger partial charge in [0, 0.05) is 38.4 Å². The van der Waals surface area contributed by atoms with Crippen molar-refractivity contribution in [2.45, 2.75) is 0 Å². The first-order chi connectivity index (χ1) is 24.8. The molecule has 2 aromatic heterocycles. The summed E-state index contributed by atoms with van der Waals surface area (Å²) in [6.07, 6.45) is 0. The van der Waals surface area contributed by atoms with Crippen LogP contribution in [0.15, 0.2) is 194 Å². The van der Waals surface area contributed by atoms with Crippen molar-refractivity contribution in [3.63, 3.8) is 0 Å². The van der Waals surface area contributed by atoms with E-state index in [1.807, 2.05) is 0 Å². The summed E-state index contributed by atoms with van der Waals surface area (Å²) >= 11 is 0. The summed E-state index contributed by atoms with van der Waals surface area (Å²) in [6, 6.07) is 70.4. The smallest absolute Gasteiger partial charge is 0.0619 e. The van der Waals surface area contributed by atoms with Crippen molar-refractivity contribution in [2.75, 3.05) is 0 Å². The van der Waals surface area contributed by atoms with Gasteiger partial charge in [-0.15, -0.1) is 0 Å². The van der Waals surface area contributed by atoms with Gasteiger partial charge in [-0.1, -0.05) is 158 Å². The first-order valence-corrected chi connectivity index (χ1v) is 17.2. The molecule has 8 aromatic carbocycles. The molecule has 2 nitrogen and oxygen atoms in total. The van der Waals surface area contributed by atoms with Gasteiger partial charge < -0.3 is 9.13 Å². The van der Waals surface area contributed by atoms with Crippen molar-refractivity contribution in [2.24, 2.45) is 0 Å². The van der Waals surface area contributed by atoms with E-state index in [0.717, 1.165) is 11.4 Å². The Morgan fingerprint density at radius 2 is 0.860 bits per heavy atom. The Morgan fingerprint density at radius 1 is 0.300 bits per heavy atom. The number of hydrogen-bond donors (Lipinski definition) is 0. The van der Waals surface area contributed by atoms with E-state index in [1.165, 1.54) is 77.0 Å². The molecule has 10 rings (SSSR count). The second-order valence-electron chi connectivity index (χ2n) is 12.9. The fourth-order valence-corrected chi connectivity index (χ4v) is 7.97. The van der Waals surface area contributed by atoms with Gasteiger partial charge in [0.2, 0.25) is 0 Å². The van der Waals surface area contributed by atoms with Gasteiger partial charge in [0.1, 0.15) is 0 Å². The Hall–Kier alpha value is -6.64. The lowest BCUT2D eigenvalue weighted by Gasteiger charge is -2.18. The first kappa shape index (κ1) is 28.4. The van der Waals surface area contributed by atoms with E-state index < -0.39 is 0 Å². The second kappa shape index (κ2) is 11.5. The minimum Gasteiger partial charge on any atom is -0.309 e. The van der Waals surface area contributed by atoms with Gasteiger partial charge in [0.15, 0.2) is 0 Å². The zero-order valence-corrected chi connectivity index (χ0v) is 27.4. The molecular formula is C48H32N2. The van der Waals surface area contributed by atoms with Crippen LogP contribution in [0, 0.1) is 0 Å². The maximum atomic E-state index is 2.52. The van der Waals surface area contributed by atoms with Crippen LogP contribution in [0.3, 0.4) is 0 Å². The van der Waals surface area contributed by atoms with Crippen LogP contribution in [-0.4, -0.2) is 9.13 Å². The maximum Gasteiger partial charge on any atom is 0.0619 e. The van der Waals surface area contributed by atoms with Gasteiger partial charge in [-0.2, -0.15) is 0 Å². The third-order valence-electron chi connectivity index (χ3n) is 10.1. The van der Waals surface area contributed by atoms with Crippen LogP contribution < -0.4 is 0 Å². The highest BCUT2D eigenvalue weighted by Crippen LogP contribution is 2.45. The van der Waals surface area contributed by atoms with Crippen molar-refractivity contribution >= 4 is 43.6 Å². The van der Waals surface area contributed by atoms with E-state index in [4.69, 9.17) is 0 Å². The van der Waals surface area contributed by atoms with Crippen molar-refractivity contribution in [1.82, 2.24) is 9.13 Å². The predicted molar refractivity (Wildman–Crippen MR) is 211 cm³/mol. The minimum absolute atomic E-state index is 1.16. The van der Waals surface area contributed by atoms with Crippen molar-refractivity contribution in [1.29, 1.82) is 0 Å². The SMILES string of the molecule is c1ccc(-c2ccc(-c3ccccc3)c(-n3c4ccccc4c4cccc(-c5cccc6c5c5ccccc5n6-c5ccccc5)c43)c2)cc1. The first-order valence-electron chi connectivity index (χ1n) is 17.2. The lowest BCUT2D eigenvalue weighted by Crippen LogP contribution is -1.99. The average molecular weight is 637 g/mol. The maximum absolute atomic E-state index is 2.52. The van der Waals surface area contributed by atoms with Gasteiger partial charge in [-0.05, 0) is 58.7 Å². The summed E-state index contributed by atoms with van der Waals surface area (Å²) < 4.78 is 4.92. The molecule has 234 valence electrons. The molecule has 10 aromatic rings. The molecule has 50 heavy (non-hydrogen) atoms. The summed E-state index contributed by atoms with van der Waals surface area (Å²) in [5.74, 6) is 0. The Kier molecular flexibility index (Phi) is 6.53. The Morgan fingerprint density at radius 3 is 1.62 bits per heavy atom. The third kappa shape index (κ3) is 4.36. The monoisotopic (exact) mass is 636 g/mol. The lowest BCUT2D eigenvalue weighted by atomic mass is 9.96. The number of fused-ring (bicyclic) bond motifs is 6. The molecule has 2 heterocycles. The molecule has 0 aliphatic heterocycles. The molecule has 0 N–H and O–H groups in total. The molecule has 0 atom stereocenters. The van der Waals surface area contributed by atoms with Crippen LogP contribution in [0.25, 0.3) is 88.4 Å². The molecule has 0 saturated heterocycles. The predicted octanol–water partition coefficient (Wildman–Crippen LogP) is 12.9. The van der Waals surface area contributed by atoms with Gasteiger partial charge in [0.05, 0.1) is 27.8 Å². The summed E-state index contributed by atoms with van der Waals surface area (Å²) in [4.78, 5) is 0. The van der Waals surface area contributed by atoms with Crippen LogP contribution in [0.4, 0.5) is 0 Å². The Bertz CT molecular complexity index is 2840. The van der Waals surface area contributed by atoms with Crippen molar-refractivity contribution in [3.8, 4) is 44.8 Å². The van der Waals surface area contributed by atoms with E-state index in [-0.39, 0.29) is 0 Å². The van der Waals surface area contributed by atoms with E-state index in [0.29, 0.717) is 0 Å². The summed E-state index contributed by atoms with van der Waals surface area (Å²) in [6.45, 7) is 0. The van der Waals surface area contributed by atoms with Crippen LogP contribution >= 0.6 is 0 Å². The standard InChI is InChI=1S/C48H32N2/c1-4-16-33(17-5-1)35-30-31-37(34-18-6-2-7-19-34)46(32-35)50-43-27-12-10-22-38(43)40-25-14-26-41(48(40)50)39-24-15-29-45-47(39)42-23-11-13-28-44(42)49(45)36-20-8-3-9-21-36/h1-32H. The molecule has 0 radical (unpaired) electrons. The van der Waals surface area contributed by atoms with E-state index in [2.05, 4.69) is 203 Å². The molecule has 0 fully saturated rings. The van der Waals surface area contributed by atoms with Crippen LogP contribution in [0.5, 0.6) is 0 Å². The number of para-hydroxylation sites is 4. The van der Waals surface area contributed by atoms with Crippen LogP contribution in [0.1, 0.15) is 0 Å². The Balaban J connectivity index is 1.35. The summed E-state index contributed by atoms with van der Waals surface area (Å²) in [7, 11) is 0. The largest absolute Gasteiger partial charge is 0.309 e. The van der Waals surface area contributed by atoms with Crippen molar-refractivity contribution in [3.05, 3.63) is 194 Å². The molecule has 0 bridgehead atoms. The number of benzene rings is 8. The summed E-state index contributed by atoms with van der Waals surface area (Å²) in [5, 5.41) is 4.99. The summed E-state index contributed by atoms with van der Waals surface area (Å²) in [5.41, 5.74) is 14.3. The highest BCUT2D eigenvalue weighted by atomic mass is 15.0. The Labute approximate surface area is 290 Å². The molecule has 0 saturated carbocycles. The van der Waals surface area contributed by atoms with Crippen LogP contribution in [-0.2, 0) is 0 Å². The van der Waals surface area contributed by atoms with Crippen molar-refractivity contribution < 1.29 is 0 Å². The third-order valence-corrected chi connectivity index (χ3v) is 10.1.